The van der Waals surface area contributed by atoms with Crippen LogP contribution in [0.15, 0.2) is 83.8 Å². The van der Waals surface area contributed by atoms with Gasteiger partial charge in [0.25, 0.3) is 0 Å². The highest BCUT2D eigenvalue weighted by molar-refractivity contribution is 5.75. The summed E-state index contributed by atoms with van der Waals surface area (Å²) >= 11 is 0. The highest BCUT2D eigenvalue weighted by atomic mass is 16.6. The first-order valence-corrected chi connectivity index (χ1v) is 12.9. The lowest BCUT2D eigenvalue weighted by Crippen LogP contribution is -2.43. The van der Waals surface area contributed by atoms with E-state index in [4.69, 9.17) is 4.74 Å². The fourth-order valence-electron chi connectivity index (χ4n) is 5.02. The van der Waals surface area contributed by atoms with Crippen LogP contribution in [-0.2, 0) is 17.8 Å². The van der Waals surface area contributed by atoms with Crippen molar-refractivity contribution in [3.8, 4) is 0 Å². The summed E-state index contributed by atoms with van der Waals surface area (Å²) in [5, 5.41) is 0. The fourth-order valence-corrected chi connectivity index (χ4v) is 5.02. The van der Waals surface area contributed by atoms with Crippen molar-refractivity contribution in [3.63, 3.8) is 0 Å². The number of hydrogen-bond acceptors (Lipinski definition) is 5. The van der Waals surface area contributed by atoms with Crippen molar-refractivity contribution >= 4 is 17.1 Å². The number of fused-ring (bicyclic) bond motifs is 1. The molecule has 0 aliphatic carbocycles. The third kappa shape index (κ3) is 5.91. The van der Waals surface area contributed by atoms with E-state index in [1.165, 1.54) is 5.56 Å². The largest absolute Gasteiger partial charge is 0.448 e. The van der Waals surface area contributed by atoms with E-state index in [1.807, 2.05) is 65.2 Å². The Balaban J connectivity index is 1.17. The van der Waals surface area contributed by atoms with Gasteiger partial charge in [0.15, 0.2) is 0 Å². The minimum atomic E-state index is -0.297. The monoisotopic (exact) mass is 499 g/mol. The highest BCUT2D eigenvalue weighted by Crippen LogP contribution is 2.25. The summed E-state index contributed by atoms with van der Waals surface area (Å²) < 4.78 is 7.60. The summed E-state index contributed by atoms with van der Waals surface area (Å²) in [6.45, 7) is 4.90. The molecule has 0 spiro atoms. The molecule has 2 aromatic carbocycles. The summed E-state index contributed by atoms with van der Waals surface area (Å²) in [5.74, 6) is 0. The number of para-hydroxylation sites is 2. The molecule has 1 aliphatic heterocycles. The number of likely N-dealkylation sites (tertiary alicyclic amines) is 1. The Hall–Kier alpha value is -3.91. The number of aromatic amines is 1. The van der Waals surface area contributed by atoms with Gasteiger partial charge in [-0.25, -0.2) is 9.59 Å². The smallest absolute Gasteiger partial charge is 0.409 e. The average Bonchev–Trinajstić information content (AvgIpc) is 3.28. The van der Waals surface area contributed by atoms with Crippen molar-refractivity contribution in [2.45, 2.75) is 44.9 Å². The molecule has 0 radical (unpaired) electrons. The van der Waals surface area contributed by atoms with Crippen LogP contribution in [-0.4, -0.2) is 56.2 Å². The highest BCUT2D eigenvalue weighted by Gasteiger charge is 2.27. The van der Waals surface area contributed by atoms with Crippen molar-refractivity contribution in [2.75, 3.05) is 19.7 Å². The molecule has 1 fully saturated rings. The Bertz CT molecular complexity index is 1320. The van der Waals surface area contributed by atoms with E-state index in [9.17, 15) is 9.59 Å². The average molecular weight is 500 g/mol. The van der Waals surface area contributed by atoms with E-state index in [1.54, 1.807) is 11.1 Å². The molecule has 3 heterocycles. The zero-order valence-electron chi connectivity index (χ0n) is 21.1. The molecule has 1 unspecified atom stereocenters. The van der Waals surface area contributed by atoms with Crippen molar-refractivity contribution in [1.29, 1.82) is 0 Å². The molecule has 2 aromatic heterocycles. The van der Waals surface area contributed by atoms with E-state index in [0.717, 1.165) is 23.3 Å². The molecular weight excluding hydrogens is 466 g/mol. The van der Waals surface area contributed by atoms with Gasteiger partial charge in [-0.05, 0) is 49.6 Å². The van der Waals surface area contributed by atoms with Crippen LogP contribution in [0, 0.1) is 0 Å². The minimum absolute atomic E-state index is 0.00787. The molecule has 1 saturated heterocycles. The molecule has 8 heteroatoms. The number of H-pyrrole nitrogens is 1. The summed E-state index contributed by atoms with van der Waals surface area (Å²) in [7, 11) is 0. The number of nitrogens with zero attached hydrogens (tertiary/aromatic N) is 4. The van der Waals surface area contributed by atoms with Gasteiger partial charge in [0, 0.05) is 44.5 Å². The predicted molar refractivity (Wildman–Crippen MR) is 143 cm³/mol. The number of ether oxygens (including phenoxy) is 1. The quantitative estimate of drug-likeness (QED) is 0.383. The van der Waals surface area contributed by atoms with Crippen LogP contribution in [0.3, 0.4) is 0 Å². The van der Waals surface area contributed by atoms with Gasteiger partial charge in [0.2, 0.25) is 0 Å². The lowest BCUT2D eigenvalue weighted by atomic mass is 10.0. The number of carbonyl (C=O) groups excluding carboxylic acids is 1. The number of aromatic nitrogens is 3. The minimum Gasteiger partial charge on any atom is -0.448 e. The zero-order chi connectivity index (χ0) is 25.6. The number of carbonyl (C=O) groups is 1. The SMILES string of the molecule is CC(COC(=O)N1CCC(n2c(=O)[nH]c3ccccc32)CC1)N(Cc1ccccc1)Cc1ccccn1. The number of amides is 1. The van der Waals surface area contributed by atoms with E-state index in [0.29, 0.717) is 39.1 Å². The van der Waals surface area contributed by atoms with Crippen molar-refractivity contribution in [1.82, 2.24) is 24.3 Å². The molecule has 0 saturated carbocycles. The van der Waals surface area contributed by atoms with Gasteiger partial charge >= 0.3 is 11.8 Å². The van der Waals surface area contributed by atoms with E-state index in [-0.39, 0.29) is 23.9 Å². The van der Waals surface area contributed by atoms with Crippen LogP contribution in [0.1, 0.15) is 37.1 Å². The van der Waals surface area contributed by atoms with Gasteiger partial charge in [0.05, 0.1) is 16.7 Å². The van der Waals surface area contributed by atoms with E-state index >= 15 is 0 Å². The number of piperidine rings is 1. The molecule has 0 bridgehead atoms. The van der Waals surface area contributed by atoms with E-state index < -0.39 is 0 Å². The summed E-state index contributed by atoms with van der Waals surface area (Å²) in [5.41, 5.74) is 3.84. The maximum Gasteiger partial charge on any atom is 0.409 e. The van der Waals surface area contributed by atoms with Crippen LogP contribution >= 0.6 is 0 Å². The number of imidazole rings is 1. The topological polar surface area (TPSA) is 83.5 Å². The molecule has 1 amide bonds. The maximum absolute atomic E-state index is 12.9. The van der Waals surface area contributed by atoms with Crippen LogP contribution in [0.25, 0.3) is 11.0 Å². The lowest BCUT2D eigenvalue weighted by molar-refractivity contribution is 0.0564. The van der Waals surface area contributed by atoms with Gasteiger partial charge in [-0.2, -0.15) is 0 Å². The third-order valence-electron chi connectivity index (χ3n) is 7.10. The summed E-state index contributed by atoms with van der Waals surface area (Å²) in [6, 6.07) is 24.0. The van der Waals surface area contributed by atoms with Crippen LogP contribution in [0.2, 0.25) is 0 Å². The van der Waals surface area contributed by atoms with Gasteiger partial charge in [-0.1, -0.05) is 48.5 Å². The number of nitrogens with one attached hydrogen (secondary N) is 1. The second-order valence-corrected chi connectivity index (χ2v) is 9.67. The molecule has 4 aromatic rings. The standard InChI is InChI=1S/C29H33N5O3/c1-22(33(19-23-9-3-2-4-10-23)20-24-11-7-8-16-30-24)21-37-29(36)32-17-14-25(15-18-32)34-27-13-6-5-12-26(27)31-28(34)35/h2-13,16,22,25H,14-15,17-21H2,1H3,(H,31,35). The maximum atomic E-state index is 12.9. The summed E-state index contributed by atoms with van der Waals surface area (Å²) in [4.78, 5) is 36.9. The first-order chi connectivity index (χ1) is 18.1. The Morgan fingerprint density at radius 1 is 1.03 bits per heavy atom. The Morgan fingerprint density at radius 3 is 2.51 bits per heavy atom. The Kier molecular flexibility index (Phi) is 7.65. The summed E-state index contributed by atoms with van der Waals surface area (Å²) in [6.07, 6.45) is 2.93. The Morgan fingerprint density at radius 2 is 1.76 bits per heavy atom. The van der Waals surface area contributed by atoms with Gasteiger partial charge in [0.1, 0.15) is 6.61 Å². The second kappa shape index (κ2) is 11.4. The number of hydrogen-bond donors (Lipinski definition) is 1. The normalized spacial score (nSPS) is 15.2. The van der Waals surface area contributed by atoms with Crippen molar-refractivity contribution in [3.05, 3.63) is 101 Å². The second-order valence-electron chi connectivity index (χ2n) is 9.67. The van der Waals surface area contributed by atoms with Crippen molar-refractivity contribution < 1.29 is 9.53 Å². The predicted octanol–water partition coefficient (Wildman–Crippen LogP) is 4.59. The van der Waals surface area contributed by atoms with Crippen LogP contribution in [0.4, 0.5) is 4.79 Å². The van der Waals surface area contributed by atoms with Gasteiger partial charge < -0.3 is 14.6 Å². The zero-order valence-corrected chi connectivity index (χ0v) is 21.1. The molecule has 1 N–H and O–H groups in total. The van der Waals surface area contributed by atoms with Gasteiger partial charge in [-0.3, -0.25) is 14.5 Å². The fraction of sp³-hybridized carbons (Fsp3) is 0.345. The molecule has 37 heavy (non-hydrogen) atoms. The Labute approximate surface area is 216 Å². The molecule has 8 nitrogen and oxygen atoms in total. The number of rotatable bonds is 8. The number of benzene rings is 2. The molecule has 1 atom stereocenters. The van der Waals surface area contributed by atoms with Crippen LogP contribution < -0.4 is 5.69 Å². The lowest BCUT2D eigenvalue weighted by Gasteiger charge is -2.33. The molecule has 192 valence electrons. The van der Waals surface area contributed by atoms with Crippen LogP contribution in [0.5, 0.6) is 0 Å². The first kappa shape index (κ1) is 24.8. The molecule has 1 aliphatic rings. The van der Waals surface area contributed by atoms with E-state index in [2.05, 4.69) is 33.9 Å². The first-order valence-electron chi connectivity index (χ1n) is 12.9. The number of pyridine rings is 1. The molecular formula is C29H33N5O3. The molecule has 5 rings (SSSR count). The third-order valence-corrected chi connectivity index (χ3v) is 7.10. The van der Waals surface area contributed by atoms with Crippen molar-refractivity contribution in [2.24, 2.45) is 0 Å². The van der Waals surface area contributed by atoms with Gasteiger partial charge in [-0.15, -0.1) is 0 Å².